The molecule has 3 heteroatoms. The van der Waals surface area contributed by atoms with Gasteiger partial charge in [-0.05, 0) is 25.7 Å². The molecule has 0 aromatic rings. The Balaban J connectivity index is 2.21. The van der Waals surface area contributed by atoms with Crippen LogP contribution in [-0.4, -0.2) is 24.3 Å². The van der Waals surface area contributed by atoms with Crippen molar-refractivity contribution in [1.29, 1.82) is 0 Å². The van der Waals surface area contributed by atoms with Crippen LogP contribution in [0.5, 0.6) is 0 Å². The van der Waals surface area contributed by atoms with E-state index in [0.717, 1.165) is 12.8 Å². The molecule has 3 unspecified atom stereocenters. The molecule has 0 amide bonds. The van der Waals surface area contributed by atoms with Gasteiger partial charge in [0.1, 0.15) is 5.60 Å². The molecule has 0 aromatic heterocycles. The van der Waals surface area contributed by atoms with E-state index in [1.54, 1.807) is 0 Å². The van der Waals surface area contributed by atoms with E-state index in [2.05, 4.69) is 6.92 Å². The third-order valence-corrected chi connectivity index (χ3v) is 4.48. The molecule has 1 spiro atoms. The molecule has 1 saturated carbocycles. The molecule has 3 nitrogen and oxygen atoms in total. The number of carbonyl (C=O) groups excluding carboxylic acids is 1. The lowest BCUT2D eigenvalue weighted by molar-refractivity contribution is -0.146. The first-order valence-electron chi connectivity index (χ1n) is 6.39. The number of hydrogen-bond donors (Lipinski definition) is 0. The van der Waals surface area contributed by atoms with Gasteiger partial charge in [0.05, 0.1) is 7.11 Å². The molecule has 0 bridgehead atoms. The maximum Gasteiger partial charge on any atom is 0.340 e. The largest absolute Gasteiger partial charge is 0.467 e. The fraction of sp³-hybridized carbons (Fsp3) is 0.923. The molecule has 92 valence electrons. The zero-order valence-electron chi connectivity index (χ0n) is 10.5. The second-order valence-electron chi connectivity index (χ2n) is 5.22. The molecule has 1 aliphatic carbocycles. The van der Waals surface area contributed by atoms with Crippen molar-refractivity contribution >= 4 is 5.97 Å². The molecule has 2 fully saturated rings. The summed E-state index contributed by atoms with van der Waals surface area (Å²) in [7, 11) is 1.45. The number of ether oxygens (including phenoxy) is 2. The Morgan fingerprint density at radius 1 is 1.44 bits per heavy atom. The summed E-state index contributed by atoms with van der Waals surface area (Å²) in [5, 5.41) is 0. The highest BCUT2D eigenvalue weighted by molar-refractivity contribution is 5.84. The minimum Gasteiger partial charge on any atom is -0.467 e. The van der Waals surface area contributed by atoms with Gasteiger partial charge in [0, 0.05) is 0 Å². The van der Waals surface area contributed by atoms with Crippen LogP contribution in [0.3, 0.4) is 0 Å². The summed E-state index contributed by atoms with van der Waals surface area (Å²) in [6.45, 7) is 4.09. The number of hydrogen-bond acceptors (Lipinski definition) is 3. The van der Waals surface area contributed by atoms with Crippen molar-refractivity contribution < 1.29 is 14.3 Å². The van der Waals surface area contributed by atoms with Crippen molar-refractivity contribution in [1.82, 2.24) is 0 Å². The third-order valence-electron chi connectivity index (χ3n) is 4.48. The lowest BCUT2D eigenvalue weighted by atomic mass is 9.77. The van der Waals surface area contributed by atoms with Crippen LogP contribution in [0, 0.1) is 5.92 Å². The van der Waals surface area contributed by atoms with Gasteiger partial charge in [-0.2, -0.15) is 0 Å². The van der Waals surface area contributed by atoms with E-state index in [-0.39, 0.29) is 11.6 Å². The second kappa shape index (κ2) is 4.02. The van der Waals surface area contributed by atoms with Crippen LogP contribution in [0.15, 0.2) is 0 Å². The molecule has 1 heterocycles. The van der Waals surface area contributed by atoms with E-state index in [0.29, 0.717) is 5.92 Å². The molecule has 1 aliphatic heterocycles. The number of methoxy groups -OCH3 is 1. The van der Waals surface area contributed by atoms with E-state index in [1.807, 2.05) is 6.92 Å². The first kappa shape index (κ1) is 11.9. The van der Waals surface area contributed by atoms with Crippen LogP contribution in [-0.2, 0) is 14.3 Å². The molecule has 2 aliphatic rings. The van der Waals surface area contributed by atoms with Gasteiger partial charge in [0.2, 0.25) is 0 Å². The maximum absolute atomic E-state index is 11.8. The summed E-state index contributed by atoms with van der Waals surface area (Å²) in [6.07, 6.45) is 6.98. The second-order valence-corrected chi connectivity index (χ2v) is 5.22. The summed E-state index contributed by atoms with van der Waals surface area (Å²) < 4.78 is 10.8. The molecule has 0 N–H and O–H groups in total. The Bertz CT molecular complexity index is 289. The van der Waals surface area contributed by atoms with E-state index in [9.17, 15) is 4.79 Å². The zero-order valence-corrected chi connectivity index (χ0v) is 10.5. The number of esters is 1. The molecular formula is C13H22O3. The van der Waals surface area contributed by atoms with Crippen LogP contribution in [0.1, 0.15) is 52.4 Å². The first-order valence-corrected chi connectivity index (χ1v) is 6.39. The maximum atomic E-state index is 11.8. The highest BCUT2D eigenvalue weighted by Gasteiger charge is 2.74. The van der Waals surface area contributed by atoms with Crippen molar-refractivity contribution in [2.24, 2.45) is 5.92 Å². The first-order chi connectivity index (χ1) is 7.60. The Morgan fingerprint density at radius 3 is 2.81 bits per heavy atom. The van der Waals surface area contributed by atoms with E-state index >= 15 is 0 Å². The van der Waals surface area contributed by atoms with Gasteiger partial charge in [0.25, 0.3) is 0 Å². The Kier molecular flexibility index (Phi) is 2.99. The molecule has 16 heavy (non-hydrogen) atoms. The highest BCUT2D eigenvalue weighted by Crippen LogP contribution is 2.59. The van der Waals surface area contributed by atoms with Crippen molar-refractivity contribution in [3.63, 3.8) is 0 Å². The fourth-order valence-electron chi connectivity index (χ4n) is 3.44. The van der Waals surface area contributed by atoms with Gasteiger partial charge in [0.15, 0.2) is 5.60 Å². The Morgan fingerprint density at radius 2 is 2.19 bits per heavy atom. The van der Waals surface area contributed by atoms with Gasteiger partial charge in [-0.3, -0.25) is 0 Å². The standard InChI is InChI=1S/C13H22O3/c1-4-10-8-6-5-7-9-13(10)12(2,16-13)11(14)15-3/h10H,4-9H2,1-3H3. The summed E-state index contributed by atoms with van der Waals surface area (Å²) in [6, 6.07) is 0. The predicted octanol–water partition coefficient (Wildman–Crippen LogP) is 2.68. The third kappa shape index (κ3) is 1.48. The van der Waals surface area contributed by atoms with Crippen LogP contribution in [0.4, 0.5) is 0 Å². The predicted molar refractivity (Wildman–Crippen MR) is 61.1 cm³/mol. The smallest absolute Gasteiger partial charge is 0.340 e. The summed E-state index contributed by atoms with van der Waals surface area (Å²) in [5.74, 6) is 0.312. The topological polar surface area (TPSA) is 38.8 Å². The molecule has 0 aromatic carbocycles. The van der Waals surface area contributed by atoms with Crippen molar-refractivity contribution in [3.05, 3.63) is 0 Å². The van der Waals surface area contributed by atoms with Gasteiger partial charge in [-0.15, -0.1) is 0 Å². The van der Waals surface area contributed by atoms with Crippen LogP contribution in [0.2, 0.25) is 0 Å². The quantitative estimate of drug-likeness (QED) is 0.537. The van der Waals surface area contributed by atoms with Gasteiger partial charge in [-0.1, -0.05) is 32.6 Å². The van der Waals surface area contributed by atoms with Gasteiger partial charge >= 0.3 is 5.97 Å². The van der Waals surface area contributed by atoms with Crippen LogP contribution >= 0.6 is 0 Å². The minimum atomic E-state index is -0.674. The molecule has 0 radical (unpaired) electrons. The molecular weight excluding hydrogens is 204 g/mol. The highest BCUT2D eigenvalue weighted by atomic mass is 16.7. The van der Waals surface area contributed by atoms with Gasteiger partial charge in [-0.25, -0.2) is 4.79 Å². The fourth-order valence-corrected chi connectivity index (χ4v) is 3.44. The van der Waals surface area contributed by atoms with E-state index < -0.39 is 5.60 Å². The average molecular weight is 226 g/mol. The Hall–Kier alpha value is -0.570. The lowest BCUT2D eigenvalue weighted by Gasteiger charge is -2.22. The summed E-state index contributed by atoms with van der Waals surface area (Å²) >= 11 is 0. The van der Waals surface area contributed by atoms with Gasteiger partial charge < -0.3 is 9.47 Å². The van der Waals surface area contributed by atoms with E-state index in [4.69, 9.17) is 9.47 Å². The van der Waals surface area contributed by atoms with E-state index in [1.165, 1.54) is 32.8 Å². The lowest BCUT2D eigenvalue weighted by Crippen LogP contribution is -2.37. The minimum absolute atomic E-state index is 0.201. The molecule has 2 rings (SSSR count). The van der Waals surface area contributed by atoms with Crippen molar-refractivity contribution in [2.45, 2.75) is 63.6 Å². The number of carbonyl (C=O) groups is 1. The number of rotatable bonds is 2. The summed E-state index contributed by atoms with van der Waals surface area (Å²) in [4.78, 5) is 11.8. The normalized spacial score (nSPS) is 42.8. The monoisotopic (exact) mass is 226 g/mol. The summed E-state index contributed by atoms with van der Waals surface area (Å²) in [5.41, 5.74) is -0.891. The number of epoxide rings is 1. The SMILES string of the molecule is CCC1CCCCCC12OC2(C)C(=O)OC. The van der Waals surface area contributed by atoms with Crippen LogP contribution in [0.25, 0.3) is 0 Å². The van der Waals surface area contributed by atoms with Crippen LogP contribution < -0.4 is 0 Å². The molecule has 1 saturated heterocycles. The van der Waals surface area contributed by atoms with Crippen molar-refractivity contribution in [3.8, 4) is 0 Å². The van der Waals surface area contributed by atoms with Crippen molar-refractivity contribution in [2.75, 3.05) is 7.11 Å². The zero-order chi connectivity index (χ0) is 11.8. The molecule has 3 atom stereocenters. The Labute approximate surface area is 97.5 Å². The average Bonchev–Trinajstić information content (AvgIpc) is 2.96.